The summed E-state index contributed by atoms with van der Waals surface area (Å²) in [6, 6.07) is 18.6. The zero-order valence-corrected chi connectivity index (χ0v) is 12.7. The summed E-state index contributed by atoms with van der Waals surface area (Å²) in [6.07, 6.45) is 1.89. The number of aryl methyl sites for hydroxylation is 1. The second-order valence-electron chi connectivity index (χ2n) is 5.19. The molecule has 0 amide bonds. The Hall–Kier alpha value is -1.77. The molecule has 1 heterocycles. The van der Waals surface area contributed by atoms with Gasteiger partial charge in [-0.05, 0) is 43.3 Å². The summed E-state index contributed by atoms with van der Waals surface area (Å²) in [5, 5.41) is 5.18. The molecule has 2 nitrogen and oxygen atoms in total. The van der Waals surface area contributed by atoms with Crippen molar-refractivity contribution in [3.05, 3.63) is 70.9 Å². The normalized spacial score (nSPS) is 12.7. The van der Waals surface area contributed by atoms with Crippen LogP contribution in [0.25, 0.3) is 11.0 Å². The fourth-order valence-electron chi connectivity index (χ4n) is 2.64. The lowest BCUT2D eigenvalue weighted by atomic mass is 10.0. The van der Waals surface area contributed by atoms with Crippen molar-refractivity contribution in [3.63, 3.8) is 0 Å². The van der Waals surface area contributed by atoms with E-state index in [4.69, 9.17) is 16.0 Å². The third kappa shape index (κ3) is 3.29. The number of benzene rings is 2. The minimum atomic E-state index is 0.336. The van der Waals surface area contributed by atoms with Gasteiger partial charge in [-0.15, -0.1) is 0 Å². The van der Waals surface area contributed by atoms with Gasteiger partial charge in [-0.3, -0.25) is 0 Å². The van der Waals surface area contributed by atoms with Gasteiger partial charge in [0.1, 0.15) is 11.3 Å². The van der Waals surface area contributed by atoms with Crippen molar-refractivity contribution in [2.45, 2.75) is 18.9 Å². The molecule has 108 valence electrons. The zero-order chi connectivity index (χ0) is 14.7. The Kier molecular flexibility index (Phi) is 4.28. The summed E-state index contributed by atoms with van der Waals surface area (Å²) in [6.45, 7) is 0. The highest BCUT2D eigenvalue weighted by molar-refractivity contribution is 6.31. The summed E-state index contributed by atoms with van der Waals surface area (Å²) in [5.41, 5.74) is 2.20. The van der Waals surface area contributed by atoms with Crippen LogP contribution >= 0.6 is 11.6 Å². The van der Waals surface area contributed by atoms with Crippen molar-refractivity contribution >= 4 is 22.6 Å². The van der Waals surface area contributed by atoms with Gasteiger partial charge in [-0.25, -0.2) is 0 Å². The van der Waals surface area contributed by atoms with E-state index in [0.29, 0.717) is 6.04 Å². The Morgan fingerprint density at radius 1 is 1.10 bits per heavy atom. The molecule has 0 bridgehead atoms. The third-order valence-electron chi connectivity index (χ3n) is 3.76. The quantitative estimate of drug-likeness (QED) is 0.719. The summed E-state index contributed by atoms with van der Waals surface area (Å²) in [5.74, 6) is 1.00. The molecule has 2 aromatic carbocycles. The minimum Gasteiger partial charge on any atom is -0.461 e. The molecular formula is C18H18ClNO. The topological polar surface area (TPSA) is 25.2 Å². The van der Waals surface area contributed by atoms with Crippen LogP contribution in [-0.2, 0) is 6.42 Å². The van der Waals surface area contributed by atoms with E-state index < -0.39 is 0 Å². The van der Waals surface area contributed by atoms with Crippen LogP contribution in [0.5, 0.6) is 0 Å². The van der Waals surface area contributed by atoms with Crippen LogP contribution in [0.2, 0.25) is 5.02 Å². The van der Waals surface area contributed by atoms with Crippen LogP contribution in [0.15, 0.2) is 59.0 Å². The maximum atomic E-state index is 6.01. The molecular weight excluding hydrogens is 282 g/mol. The molecule has 3 aromatic rings. The molecule has 0 saturated heterocycles. The molecule has 0 saturated carbocycles. The molecule has 0 radical (unpaired) electrons. The predicted octanol–water partition coefficient (Wildman–Crippen LogP) is 4.98. The number of rotatable bonds is 5. The molecule has 0 aliphatic carbocycles. The van der Waals surface area contributed by atoms with Crippen LogP contribution in [-0.4, -0.2) is 7.05 Å². The van der Waals surface area contributed by atoms with E-state index in [2.05, 4.69) is 35.6 Å². The number of hydrogen-bond acceptors (Lipinski definition) is 2. The lowest BCUT2D eigenvalue weighted by Gasteiger charge is -2.15. The van der Waals surface area contributed by atoms with Crippen molar-refractivity contribution in [3.8, 4) is 0 Å². The highest BCUT2D eigenvalue weighted by Crippen LogP contribution is 2.25. The summed E-state index contributed by atoms with van der Waals surface area (Å²) >= 11 is 6.01. The molecule has 0 aliphatic rings. The largest absolute Gasteiger partial charge is 0.461 e. The van der Waals surface area contributed by atoms with E-state index in [1.807, 2.05) is 31.3 Å². The van der Waals surface area contributed by atoms with Gasteiger partial charge in [0.15, 0.2) is 0 Å². The molecule has 0 fully saturated rings. The zero-order valence-electron chi connectivity index (χ0n) is 12.0. The highest BCUT2D eigenvalue weighted by Gasteiger charge is 2.11. The van der Waals surface area contributed by atoms with Crippen molar-refractivity contribution in [2.24, 2.45) is 0 Å². The molecule has 1 atom stereocenters. The standard InChI is InChI=1S/C18H18ClNO/c1-20-17(13-5-3-2-4-6-13)9-8-16-12-14-11-15(19)7-10-18(14)21-16/h2-7,10-12,17,20H,8-9H2,1H3. The third-order valence-corrected chi connectivity index (χ3v) is 3.99. The molecule has 3 rings (SSSR count). The van der Waals surface area contributed by atoms with Crippen LogP contribution < -0.4 is 5.32 Å². The van der Waals surface area contributed by atoms with Gasteiger partial charge in [-0.1, -0.05) is 41.9 Å². The molecule has 3 heteroatoms. The van der Waals surface area contributed by atoms with Crippen molar-refractivity contribution in [1.29, 1.82) is 0 Å². The van der Waals surface area contributed by atoms with Crippen molar-refractivity contribution in [2.75, 3.05) is 7.05 Å². The minimum absolute atomic E-state index is 0.336. The van der Waals surface area contributed by atoms with Crippen LogP contribution in [0.1, 0.15) is 23.8 Å². The Labute approximate surface area is 129 Å². The smallest absolute Gasteiger partial charge is 0.134 e. The van der Waals surface area contributed by atoms with E-state index in [1.54, 1.807) is 0 Å². The number of halogens is 1. The fourth-order valence-corrected chi connectivity index (χ4v) is 2.82. The van der Waals surface area contributed by atoms with Crippen LogP contribution in [0.3, 0.4) is 0 Å². The Morgan fingerprint density at radius 3 is 2.67 bits per heavy atom. The van der Waals surface area contributed by atoms with Gasteiger partial charge in [0.05, 0.1) is 0 Å². The maximum Gasteiger partial charge on any atom is 0.134 e. The lowest BCUT2D eigenvalue weighted by molar-refractivity contribution is 0.489. The number of fused-ring (bicyclic) bond motifs is 1. The van der Waals surface area contributed by atoms with E-state index in [9.17, 15) is 0 Å². The van der Waals surface area contributed by atoms with Gasteiger partial charge in [0, 0.05) is 22.9 Å². The van der Waals surface area contributed by atoms with Crippen LogP contribution in [0, 0.1) is 0 Å². The van der Waals surface area contributed by atoms with Gasteiger partial charge < -0.3 is 9.73 Å². The predicted molar refractivity (Wildman–Crippen MR) is 87.8 cm³/mol. The van der Waals surface area contributed by atoms with E-state index in [-0.39, 0.29) is 0 Å². The Bertz CT molecular complexity index is 720. The summed E-state index contributed by atoms with van der Waals surface area (Å²) in [4.78, 5) is 0. The number of hydrogen-bond donors (Lipinski definition) is 1. The van der Waals surface area contributed by atoms with Crippen LogP contribution in [0.4, 0.5) is 0 Å². The SMILES string of the molecule is CNC(CCc1cc2cc(Cl)ccc2o1)c1ccccc1. The summed E-state index contributed by atoms with van der Waals surface area (Å²) in [7, 11) is 2.00. The first kappa shape index (κ1) is 14.2. The van der Waals surface area contributed by atoms with Crippen molar-refractivity contribution in [1.82, 2.24) is 5.32 Å². The van der Waals surface area contributed by atoms with Gasteiger partial charge >= 0.3 is 0 Å². The molecule has 0 spiro atoms. The molecule has 0 aliphatic heterocycles. The maximum absolute atomic E-state index is 6.01. The second-order valence-corrected chi connectivity index (χ2v) is 5.62. The Balaban J connectivity index is 1.73. The lowest BCUT2D eigenvalue weighted by Crippen LogP contribution is -2.16. The monoisotopic (exact) mass is 299 g/mol. The summed E-state index contributed by atoms with van der Waals surface area (Å²) < 4.78 is 5.87. The average Bonchev–Trinajstić information content (AvgIpc) is 2.91. The highest BCUT2D eigenvalue weighted by atomic mass is 35.5. The first-order chi connectivity index (χ1) is 10.3. The van der Waals surface area contributed by atoms with Gasteiger partial charge in [0.2, 0.25) is 0 Å². The van der Waals surface area contributed by atoms with E-state index in [0.717, 1.165) is 34.6 Å². The number of furan rings is 1. The fraction of sp³-hybridized carbons (Fsp3) is 0.222. The van der Waals surface area contributed by atoms with E-state index >= 15 is 0 Å². The molecule has 1 unspecified atom stereocenters. The number of nitrogens with one attached hydrogen (secondary N) is 1. The van der Waals surface area contributed by atoms with Gasteiger partial charge in [0.25, 0.3) is 0 Å². The first-order valence-corrected chi connectivity index (χ1v) is 7.54. The first-order valence-electron chi connectivity index (χ1n) is 7.16. The van der Waals surface area contributed by atoms with E-state index in [1.165, 1.54) is 5.56 Å². The molecule has 1 aromatic heterocycles. The van der Waals surface area contributed by atoms with Crippen molar-refractivity contribution < 1.29 is 4.42 Å². The second kappa shape index (κ2) is 6.33. The Morgan fingerprint density at radius 2 is 1.90 bits per heavy atom. The van der Waals surface area contributed by atoms with Gasteiger partial charge in [-0.2, -0.15) is 0 Å². The average molecular weight is 300 g/mol. The molecule has 1 N–H and O–H groups in total. The molecule has 21 heavy (non-hydrogen) atoms.